The van der Waals surface area contributed by atoms with Gasteiger partial charge in [0.05, 0.1) is 11.2 Å². The van der Waals surface area contributed by atoms with Gasteiger partial charge in [-0.1, -0.05) is 0 Å². The van der Waals surface area contributed by atoms with E-state index in [1.54, 1.807) is 18.3 Å². The molecular formula is C11H21NO2S. The summed E-state index contributed by atoms with van der Waals surface area (Å²) in [6, 6.07) is 0. The first-order valence-corrected chi connectivity index (χ1v) is 6.15. The quantitative estimate of drug-likeness (QED) is 0.746. The third kappa shape index (κ3) is 8.54. The van der Waals surface area contributed by atoms with Crippen molar-refractivity contribution in [3.05, 3.63) is 16.1 Å². The molecule has 3 nitrogen and oxygen atoms in total. The predicted octanol–water partition coefficient (Wildman–Crippen LogP) is 2.56. The average Bonchev–Trinajstić information content (AvgIpc) is 2.84. The van der Waals surface area contributed by atoms with Crippen molar-refractivity contribution in [2.45, 2.75) is 33.6 Å². The Balaban J connectivity index is 0.000000216. The maximum absolute atomic E-state index is 7.57. The van der Waals surface area contributed by atoms with Gasteiger partial charge in [-0.15, -0.1) is 11.3 Å². The van der Waals surface area contributed by atoms with Gasteiger partial charge in [0.2, 0.25) is 0 Å². The zero-order chi connectivity index (χ0) is 11.5. The van der Waals surface area contributed by atoms with Crippen LogP contribution in [-0.4, -0.2) is 29.9 Å². The van der Waals surface area contributed by atoms with Gasteiger partial charge in [0, 0.05) is 24.7 Å². The summed E-state index contributed by atoms with van der Waals surface area (Å²) in [5.41, 5.74) is 3.02. The molecule has 2 rings (SSSR count). The fourth-order valence-corrected chi connectivity index (χ4v) is 1.46. The van der Waals surface area contributed by atoms with E-state index in [2.05, 4.69) is 11.9 Å². The molecule has 1 N–H and O–H groups in total. The molecule has 1 fully saturated rings. The summed E-state index contributed by atoms with van der Waals surface area (Å²) in [5.74, 6) is 0. The predicted molar refractivity (Wildman–Crippen MR) is 64.4 cm³/mol. The summed E-state index contributed by atoms with van der Waals surface area (Å²) in [5, 5.41) is 7.57. The molecule has 1 aliphatic heterocycles. The number of aliphatic hydroxyl groups excluding tert-OH is 1. The highest BCUT2D eigenvalue weighted by Gasteiger charge is 1.94. The van der Waals surface area contributed by atoms with Gasteiger partial charge in [-0.2, -0.15) is 0 Å². The van der Waals surface area contributed by atoms with Crippen molar-refractivity contribution in [2.24, 2.45) is 0 Å². The lowest BCUT2D eigenvalue weighted by Gasteiger charge is -1.77. The van der Waals surface area contributed by atoms with E-state index in [1.807, 2.05) is 12.4 Å². The van der Waals surface area contributed by atoms with Gasteiger partial charge in [-0.3, -0.25) is 0 Å². The van der Waals surface area contributed by atoms with Gasteiger partial charge >= 0.3 is 0 Å². The first kappa shape index (κ1) is 14.6. The second-order valence-electron chi connectivity index (χ2n) is 3.13. The van der Waals surface area contributed by atoms with Gasteiger partial charge < -0.3 is 9.84 Å². The van der Waals surface area contributed by atoms with Crippen molar-refractivity contribution in [2.75, 3.05) is 19.8 Å². The van der Waals surface area contributed by atoms with Gasteiger partial charge in [-0.05, 0) is 33.6 Å². The molecule has 0 spiro atoms. The average molecular weight is 231 g/mol. The molecule has 1 aromatic rings. The number of aromatic nitrogens is 1. The first-order valence-electron chi connectivity index (χ1n) is 5.27. The Morgan fingerprint density at radius 2 is 1.93 bits per heavy atom. The molecule has 1 saturated heterocycles. The second kappa shape index (κ2) is 10.1. The molecule has 1 aromatic heterocycles. The second-order valence-corrected chi connectivity index (χ2v) is 4.19. The fourth-order valence-electron chi connectivity index (χ4n) is 0.871. The Kier molecular flexibility index (Phi) is 9.78. The highest BCUT2D eigenvalue weighted by Crippen LogP contribution is 2.07. The molecule has 0 radical (unpaired) electrons. The summed E-state index contributed by atoms with van der Waals surface area (Å²) >= 11 is 1.69. The van der Waals surface area contributed by atoms with E-state index in [0.717, 1.165) is 18.9 Å². The minimum Gasteiger partial charge on any atom is -0.397 e. The lowest BCUT2D eigenvalue weighted by molar-refractivity contribution is 0.198. The maximum Gasteiger partial charge on any atom is 0.0797 e. The molecular weight excluding hydrogens is 210 g/mol. The molecule has 1 aliphatic rings. The third-order valence-corrected chi connectivity index (χ3v) is 2.67. The van der Waals surface area contributed by atoms with Gasteiger partial charge in [0.1, 0.15) is 0 Å². The van der Waals surface area contributed by atoms with Crippen molar-refractivity contribution in [1.82, 2.24) is 4.98 Å². The Morgan fingerprint density at radius 1 is 1.40 bits per heavy atom. The van der Waals surface area contributed by atoms with Crippen LogP contribution in [-0.2, 0) is 4.74 Å². The Labute approximate surface area is 96.1 Å². The highest BCUT2D eigenvalue weighted by molar-refractivity contribution is 7.09. The molecule has 0 amide bonds. The third-order valence-electron chi connectivity index (χ3n) is 1.81. The number of nitrogens with zero attached hydrogens (tertiary/aromatic N) is 1. The van der Waals surface area contributed by atoms with E-state index >= 15 is 0 Å². The summed E-state index contributed by atoms with van der Waals surface area (Å²) in [6.45, 7) is 8.03. The number of hydrogen-bond donors (Lipinski definition) is 1. The fraction of sp³-hybridized carbons (Fsp3) is 0.727. The van der Waals surface area contributed by atoms with Crippen LogP contribution < -0.4 is 0 Å². The van der Waals surface area contributed by atoms with Crippen LogP contribution in [0.4, 0.5) is 0 Å². The van der Waals surface area contributed by atoms with Crippen molar-refractivity contribution < 1.29 is 9.84 Å². The lowest BCUT2D eigenvalue weighted by Crippen LogP contribution is -1.74. The van der Waals surface area contributed by atoms with Crippen molar-refractivity contribution in [1.29, 1.82) is 0 Å². The van der Waals surface area contributed by atoms with Crippen LogP contribution in [0.15, 0.2) is 5.51 Å². The van der Waals surface area contributed by atoms with Crippen LogP contribution in [0.25, 0.3) is 0 Å². The zero-order valence-electron chi connectivity index (χ0n) is 9.82. The minimum atomic E-state index is 0.250. The minimum absolute atomic E-state index is 0.250. The highest BCUT2D eigenvalue weighted by atomic mass is 32.1. The van der Waals surface area contributed by atoms with Crippen LogP contribution in [0.5, 0.6) is 0 Å². The summed E-state index contributed by atoms with van der Waals surface area (Å²) in [6.07, 6.45) is 2.56. The summed E-state index contributed by atoms with van der Waals surface area (Å²) in [7, 11) is 0. The van der Waals surface area contributed by atoms with Crippen LogP contribution >= 0.6 is 11.3 Å². The number of aryl methyl sites for hydroxylation is 2. The van der Waals surface area contributed by atoms with E-state index in [4.69, 9.17) is 9.84 Å². The maximum atomic E-state index is 7.57. The molecule has 0 saturated carbocycles. The smallest absolute Gasteiger partial charge is 0.0797 e. The Bertz CT molecular complexity index is 210. The SMILES string of the molecule is C1CCOC1.CCO.Cc1ncsc1C. The van der Waals surface area contributed by atoms with E-state index in [0.29, 0.717) is 0 Å². The van der Waals surface area contributed by atoms with Crippen molar-refractivity contribution in [3.8, 4) is 0 Å². The molecule has 0 unspecified atom stereocenters. The van der Waals surface area contributed by atoms with Crippen LogP contribution in [0.1, 0.15) is 30.3 Å². The van der Waals surface area contributed by atoms with Crippen LogP contribution in [0, 0.1) is 13.8 Å². The number of hydrogen-bond acceptors (Lipinski definition) is 4. The molecule has 0 bridgehead atoms. The standard InChI is InChI=1S/C5H7NS.C4H8O.C2H6O/c1-4-5(2)7-3-6-4;1-2-4-5-3-1;1-2-3/h3H,1-2H3;1-4H2;3H,2H2,1H3. The Morgan fingerprint density at radius 3 is 2.07 bits per heavy atom. The number of thiazole rings is 1. The van der Waals surface area contributed by atoms with E-state index in [9.17, 15) is 0 Å². The molecule has 0 aliphatic carbocycles. The van der Waals surface area contributed by atoms with Gasteiger partial charge in [0.15, 0.2) is 0 Å². The van der Waals surface area contributed by atoms with E-state index in [-0.39, 0.29) is 6.61 Å². The Hall–Kier alpha value is -0.450. The molecule has 88 valence electrons. The van der Waals surface area contributed by atoms with Crippen molar-refractivity contribution >= 4 is 11.3 Å². The normalized spacial score (nSPS) is 13.6. The van der Waals surface area contributed by atoms with E-state index in [1.165, 1.54) is 17.7 Å². The number of ether oxygens (including phenoxy) is 1. The van der Waals surface area contributed by atoms with Crippen molar-refractivity contribution in [3.63, 3.8) is 0 Å². The molecule has 15 heavy (non-hydrogen) atoms. The molecule has 2 heterocycles. The number of rotatable bonds is 0. The molecule has 0 aromatic carbocycles. The topological polar surface area (TPSA) is 42.4 Å². The summed E-state index contributed by atoms with van der Waals surface area (Å²) < 4.78 is 4.94. The van der Waals surface area contributed by atoms with Gasteiger partial charge in [-0.25, -0.2) is 4.98 Å². The first-order chi connectivity index (χ1) is 7.22. The van der Waals surface area contributed by atoms with Crippen LogP contribution in [0.2, 0.25) is 0 Å². The molecule has 4 heteroatoms. The summed E-state index contributed by atoms with van der Waals surface area (Å²) in [4.78, 5) is 5.35. The zero-order valence-corrected chi connectivity index (χ0v) is 10.6. The largest absolute Gasteiger partial charge is 0.397 e. The number of aliphatic hydroxyl groups is 1. The van der Waals surface area contributed by atoms with E-state index < -0.39 is 0 Å². The molecule has 0 atom stereocenters. The van der Waals surface area contributed by atoms with Crippen LogP contribution in [0.3, 0.4) is 0 Å². The monoisotopic (exact) mass is 231 g/mol. The lowest BCUT2D eigenvalue weighted by atomic mass is 10.4. The van der Waals surface area contributed by atoms with Gasteiger partial charge in [0.25, 0.3) is 0 Å².